The third-order valence-corrected chi connectivity index (χ3v) is 5.68. The first-order valence-electron chi connectivity index (χ1n) is 11.5. The van der Waals surface area contributed by atoms with Gasteiger partial charge in [-0.3, -0.25) is 9.59 Å². The molecule has 2 N–H and O–H groups in total. The molecule has 0 spiro atoms. The Morgan fingerprint density at radius 1 is 0.472 bits per heavy atom. The molecular weight excluding hydrogens is 448 g/mol. The average Bonchev–Trinajstić information content (AvgIpc) is 2.95. The molecule has 0 aliphatic rings. The third-order valence-electron chi connectivity index (χ3n) is 5.68. The van der Waals surface area contributed by atoms with Gasteiger partial charge in [-0.15, -0.1) is 0 Å². The van der Waals surface area contributed by atoms with Crippen molar-refractivity contribution in [2.75, 3.05) is 0 Å². The third kappa shape index (κ3) is 6.18. The Morgan fingerprint density at radius 3 is 1.11 bits per heavy atom. The van der Waals surface area contributed by atoms with Crippen LogP contribution >= 0.6 is 0 Å². The van der Waals surface area contributed by atoms with Gasteiger partial charge in [0.25, 0.3) is 0 Å². The van der Waals surface area contributed by atoms with Crippen molar-refractivity contribution < 1.29 is 9.59 Å². The van der Waals surface area contributed by atoms with Gasteiger partial charge in [0.2, 0.25) is 0 Å². The van der Waals surface area contributed by atoms with E-state index in [0.29, 0.717) is 11.4 Å². The Labute approximate surface area is 210 Å². The number of amides is 2. The van der Waals surface area contributed by atoms with Gasteiger partial charge in [-0.25, -0.2) is 10.9 Å². The molecular formula is C30H26N4O2. The number of nitrogens with one attached hydrogen (secondary N) is 2. The minimum Gasteiger partial charge on any atom is -0.262 e. The summed E-state index contributed by atoms with van der Waals surface area (Å²) in [5.74, 6) is -1.79. The Morgan fingerprint density at radius 2 is 0.778 bits per heavy atom. The smallest absolute Gasteiger partial charge is 0.262 e. The van der Waals surface area contributed by atoms with Gasteiger partial charge in [-0.1, -0.05) is 109 Å². The molecule has 0 aliphatic carbocycles. The average molecular weight is 475 g/mol. The van der Waals surface area contributed by atoms with Gasteiger partial charge < -0.3 is 0 Å². The molecule has 0 aliphatic heterocycles. The van der Waals surface area contributed by atoms with Crippen molar-refractivity contribution in [3.8, 4) is 22.3 Å². The second-order valence-electron chi connectivity index (χ2n) is 8.16. The standard InChI is InChI=1S/C30H26N4O2/c1-21(23-13-17-27(18-14-23)25-9-5-3-6-10-25)31-33-29(35)30(36)34-32-22(2)24-15-19-28(20-16-24)26-11-7-4-8-12-26/h3-20H,1-2H3,(H,33,35)(H,34,36). The van der Waals surface area contributed by atoms with E-state index >= 15 is 0 Å². The molecule has 0 atom stereocenters. The van der Waals surface area contributed by atoms with Gasteiger partial charge in [0.05, 0.1) is 11.4 Å². The van der Waals surface area contributed by atoms with Gasteiger partial charge in [0, 0.05) is 0 Å². The lowest BCUT2D eigenvalue weighted by atomic mass is 10.0. The van der Waals surface area contributed by atoms with E-state index in [9.17, 15) is 9.59 Å². The lowest BCUT2D eigenvalue weighted by Crippen LogP contribution is -2.36. The molecule has 4 rings (SSSR count). The summed E-state index contributed by atoms with van der Waals surface area (Å²) in [4.78, 5) is 24.3. The van der Waals surface area contributed by atoms with Crippen LogP contribution in [0.1, 0.15) is 25.0 Å². The maximum atomic E-state index is 12.2. The largest absolute Gasteiger partial charge is 0.331 e. The van der Waals surface area contributed by atoms with Crippen LogP contribution in [0.25, 0.3) is 22.3 Å². The summed E-state index contributed by atoms with van der Waals surface area (Å²) in [6.07, 6.45) is 0. The van der Waals surface area contributed by atoms with Crippen molar-refractivity contribution in [3.63, 3.8) is 0 Å². The fraction of sp³-hybridized carbons (Fsp3) is 0.0667. The van der Waals surface area contributed by atoms with Crippen molar-refractivity contribution >= 4 is 23.2 Å². The van der Waals surface area contributed by atoms with E-state index in [2.05, 4.69) is 21.1 Å². The van der Waals surface area contributed by atoms with Crippen LogP contribution in [0.5, 0.6) is 0 Å². The van der Waals surface area contributed by atoms with Gasteiger partial charge in [-0.05, 0) is 47.2 Å². The summed E-state index contributed by atoms with van der Waals surface area (Å²) in [6.45, 7) is 3.52. The Balaban J connectivity index is 1.32. The van der Waals surface area contributed by atoms with E-state index in [1.807, 2.05) is 109 Å². The van der Waals surface area contributed by atoms with Crippen LogP contribution in [-0.4, -0.2) is 23.2 Å². The van der Waals surface area contributed by atoms with E-state index in [0.717, 1.165) is 33.4 Å². The summed E-state index contributed by atoms with van der Waals surface area (Å²) in [5, 5.41) is 8.10. The minimum atomic E-state index is -0.897. The zero-order chi connectivity index (χ0) is 25.3. The Hall–Kier alpha value is -4.84. The summed E-state index contributed by atoms with van der Waals surface area (Å²) in [7, 11) is 0. The molecule has 4 aromatic carbocycles. The highest BCUT2D eigenvalue weighted by Gasteiger charge is 2.13. The maximum Gasteiger partial charge on any atom is 0.331 e. The predicted octanol–water partition coefficient (Wildman–Crippen LogP) is 5.40. The number of benzene rings is 4. The lowest BCUT2D eigenvalue weighted by molar-refractivity contribution is -0.139. The molecule has 6 nitrogen and oxygen atoms in total. The molecule has 0 fully saturated rings. The fourth-order valence-electron chi connectivity index (χ4n) is 3.57. The highest BCUT2D eigenvalue weighted by molar-refractivity contribution is 6.35. The number of hydrogen-bond acceptors (Lipinski definition) is 4. The summed E-state index contributed by atoms with van der Waals surface area (Å²) >= 11 is 0. The molecule has 0 aromatic heterocycles. The zero-order valence-corrected chi connectivity index (χ0v) is 20.1. The van der Waals surface area contributed by atoms with Crippen LogP contribution in [0.4, 0.5) is 0 Å². The Bertz CT molecular complexity index is 1280. The van der Waals surface area contributed by atoms with Crippen LogP contribution < -0.4 is 10.9 Å². The molecule has 178 valence electrons. The van der Waals surface area contributed by atoms with Crippen molar-refractivity contribution in [1.29, 1.82) is 0 Å². The zero-order valence-electron chi connectivity index (χ0n) is 20.1. The molecule has 6 heteroatoms. The van der Waals surface area contributed by atoms with E-state index in [1.165, 1.54) is 0 Å². The van der Waals surface area contributed by atoms with Crippen LogP contribution in [0, 0.1) is 0 Å². The second-order valence-corrected chi connectivity index (χ2v) is 8.16. The van der Waals surface area contributed by atoms with Gasteiger partial charge >= 0.3 is 11.8 Å². The van der Waals surface area contributed by atoms with Crippen LogP contribution in [0.15, 0.2) is 119 Å². The molecule has 0 saturated heterocycles. The number of carbonyl (C=O) groups is 2. The first-order chi connectivity index (χ1) is 17.5. The molecule has 36 heavy (non-hydrogen) atoms. The summed E-state index contributed by atoms with van der Waals surface area (Å²) < 4.78 is 0. The number of carbonyl (C=O) groups excluding carboxylic acids is 2. The summed E-state index contributed by atoms with van der Waals surface area (Å²) in [6, 6.07) is 35.7. The molecule has 2 amide bonds. The number of nitrogens with zero attached hydrogens (tertiary/aromatic N) is 2. The van der Waals surface area contributed by atoms with Crippen molar-refractivity contribution in [2.45, 2.75) is 13.8 Å². The normalized spacial score (nSPS) is 11.6. The second kappa shape index (κ2) is 11.5. The van der Waals surface area contributed by atoms with Gasteiger partial charge in [0.15, 0.2) is 0 Å². The van der Waals surface area contributed by atoms with Crippen LogP contribution in [-0.2, 0) is 9.59 Å². The molecule has 0 unspecified atom stereocenters. The summed E-state index contributed by atoms with van der Waals surface area (Å²) in [5.41, 5.74) is 11.8. The van der Waals surface area contributed by atoms with Crippen molar-refractivity contribution in [1.82, 2.24) is 10.9 Å². The number of hydrogen-bond donors (Lipinski definition) is 2. The maximum absolute atomic E-state index is 12.2. The first kappa shape index (κ1) is 24.3. The molecule has 4 aromatic rings. The SMILES string of the molecule is CC(=NNC(=O)C(=O)NN=C(C)c1ccc(-c2ccccc2)cc1)c1ccc(-c2ccccc2)cc1. The molecule has 0 radical (unpaired) electrons. The first-order valence-corrected chi connectivity index (χ1v) is 11.5. The van der Waals surface area contributed by atoms with Crippen molar-refractivity contribution in [2.24, 2.45) is 10.2 Å². The number of hydrazone groups is 2. The number of rotatable bonds is 6. The Kier molecular flexibility index (Phi) is 7.78. The molecule has 0 saturated carbocycles. The fourth-order valence-corrected chi connectivity index (χ4v) is 3.57. The predicted molar refractivity (Wildman–Crippen MR) is 144 cm³/mol. The van der Waals surface area contributed by atoms with Crippen molar-refractivity contribution in [3.05, 3.63) is 120 Å². The molecule has 0 bridgehead atoms. The monoisotopic (exact) mass is 474 g/mol. The highest BCUT2D eigenvalue weighted by atomic mass is 16.2. The quantitative estimate of drug-likeness (QED) is 0.223. The van der Waals surface area contributed by atoms with Gasteiger partial charge in [-0.2, -0.15) is 10.2 Å². The van der Waals surface area contributed by atoms with E-state index in [4.69, 9.17) is 0 Å². The van der Waals surface area contributed by atoms with Gasteiger partial charge in [0.1, 0.15) is 0 Å². The van der Waals surface area contributed by atoms with E-state index in [-0.39, 0.29) is 0 Å². The van der Waals surface area contributed by atoms with E-state index < -0.39 is 11.8 Å². The van der Waals surface area contributed by atoms with Crippen LogP contribution in [0.3, 0.4) is 0 Å². The van der Waals surface area contributed by atoms with Crippen LogP contribution in [0.2, 0.25) is 0 Å². The topological polar surface area (TPSA) is 82.9 Å². The highest BCUT2D eigenvalue weighted by Crippen LogP contribution is 2.20. The van der Waals surface area contributed by atoms with E-state index in [1.54, 1.807) is 13.8 Å². The minimum absolute atomic E-state index is 0.578. The lowest BCUT2D eigenvalue weighted by Gasteiger charge is -2.06. The molecule has 0 heterocycles.